The van der Waals surface area contributed by atoms with Gasteiger partial charge in [-0.2, -0.15) is 0 Å². The summed E-state index contributed by atoms with van der Waals surface area (Å²) >= 11 is 8.91. The fraction of sp³-hybridized carbons (Fsp3) is 0.316. The van der Waals surface area contributed by atoms with Gasteiger partial charge in [-0.3, -0.25) is 4.79 Å². The van der Waals surface area contributed by atoms with E-state index in [0.717, 1.165) is 44.3 Å². The molecule has 0 bridgehead atoms. The Kier molecular flexibility index (Phi) is 6.16. The number of aromatic nitrogens is 3. The van der Waals surface area contributed by atoms with E-state index in [1.807, 2.05) is 51.1 Å². The summed E-state index contributed by atoms with van der Waals surface area (Å²) in [6.07, 6.45) is 0.903. The summed E-state index contributed by atoms with van der Waals surface area (Å²) in [6, 6.07) is 9.90. The molecule has 2 heterocycles. The summed E-state index contributed by atoms with van der Waals surface area (Å²) in [7, 11) is 0. The van der Waals surface area contributed by atoms with Crippen molar-refractivity contribution in [3.05, 3.63) is 62.9 Å². The van der Waals surface area contributed by atoms with Crippen LogP contribution < -0.4 is 0 Å². The zero-order chi connectivity index (χ0) is 18.7. The number of hydrogen-bond donors (Lipinski definition) is 0. The number of ketones is 1. The fourth-order valence-electron chi connectivity index (χ4n) is 2.86. The number of carbonyl (C=O) groups is 1. The van der Waals surface area contributed by atoms with E-state index in [0.29, 0.717) is 5.75 Å². The monoisotopic (exact) mass is 405 g/mol. The number of hydrogen-bond acceptors (Lipinski definition) is 5. The van der Waals surface area contributed by atoms with Crippen LogP contribution in [0.3, 0.4) is 0 Å². The second-order valence-electron chi connectivity index (χ2n) is 6.11. The van der Waals surface area contributed by atoms with Crippen LogP contribution in [0.5, 0.6) is 0 Å². The average molecular weight is 406 g/mol. The average Bonchev–Trinajstić information content (AvgIpc) is 3.16. The van der Waals surface area contributed by atoms with Gasteiger partial charge in [-0.15, -0.1) is 10.2 Å². The van der Waals surface area contributed by atoms with Crippen molar-refractivity contribution in [2.45, 2.75) is 38.1 Å². The molecule has 0 fully saturated rings. The molecule has 0 spiro atoms. The van der Waals surface area contributed by atoms with E-state index in [2.05, 4.69) is 14.8 Å². The molecular weight excluding hydrogens is 386 g/mol. The van der Waals surface area contributed by atoms with Gasteiger partial charge < -0.3 is 4.57 Å². The summed E-state index contributed by atoms with van der Waals surface area (Å²) in [5.74, 6) is 0.518. The van der Waals surface area contributed by atoms with Crippen molar-refractivity contribution in [1.82, 2.24) is 14.8 Å². The highest BCUT2D eigenvalue weighted by Gasteiger charge is 2.16. The normalized spacial score (nSPS) is 11.1. The number of Topliss-reactive ketones (excluding diaryl/α,β-unsaturated/α-hetero) is 1. The minimum atomic E-state index is 0.133. The zero-order valence-electron chi connectivity index (χ0n) is 15.0. The van der Waals surface area contributed by atoms with Gasteiger partial charge in [0.15, 0.2) is 10.1 Å². The highest BCUT2D eigenvalue weighted by atomic mass is 35.5. The molecule has 0 saturated carbocycles. The van der Waals surface area contributed by atoms with Crippen molar-refractivity contribution in [2.24, 2.45) is 0 Å². The molecule has 0 aliphatic rings. The summed E-state index contributed by atoms with van der Waals surface area (Å²) in [4.78, 5) is 12.6. The molecule has 0 unspecified atom stereocenters. The molecule has 1 aromatic carbocycles. The van der Waals surface area contributed by atoms with E-state index in [9.17, 15) is 4.79 Å². The first-order valence-electron chi connectivity index (χ1n) is 8.31. The van der Waals surface area contributed by atoms with Gasteiger partial charge in [-0.25, -0.2) is 0 Å². The van der Waals surface area contributed by atoms with Crippen molar-refractivity contribution in [2.75, 3.05) is 5.75 Å². The Balaban J connectivity index is 1.66. The predicted octanol–water partition coefficient (Wildman–Crippen LogP) is 5.14. The van der Waals surface area contributed by atoms with E-state index in [1.165, 1.54) is 28.7 Å². The maximum atomic E-state index is 12.6. The molecule has 0 radical (unpaired) electrons. The van der Waals surface area contributed by atoms with E-state index in [-0.39, 0.29) is 5.78 Å². The van der Waals surface area contributed by atoms with Gasteiger partial charge >= 0.3 is 0 Å². The van der Waals surface area contributed by atoms with Crippen LogP contribution in [0.2, 0.25) is 5.02 Å². The number of thioether (sulfide) groups is 1. The first kappa shape index (κ1) is 19.1. The molecule has 0 atom stereocenters. The number of nitrogens with zero attached hydrogens (tertiary/aromatic N) is 3. The molecule has 4 nitrogen and oxygen atoms in total. The van der Waals surface area contributed by atoms with Crippen LogP contribution in [-0.2, 0) is 13.0 Å². The maximum absolute atomic E-state index is 12.6. The molecule has 136 valence electrons. The Morgan fingerprint density at radius 1 is 1.19 bits per heavy atom. The molecule has 7 heteroatoms. The number of aryl methyl sites for hydroxylation is 3. The van der Waals surface area contributed by atoms with Crippen molar-refractivity contribution >= 4 is 40.5 Å². The van der Waals surface area contributed by atoms with Gasteiger partial charge in [0.1, 0.15) is 5.01 Å². The van der Waals surface area contributed by atoms with Crippen LogP contribution in [0.25, 0.3) is 0 Å². The molecule has 3 aromatic rings. The Hall–Kier alpha value is -1.63. The lowest BCUT2D eigenvalue weighted by Gasteiger charge is -2.10. The Labute approximate surface area is 166 Å². The third kappa shape index (κ3) is 4.55. The third-order valence-electron chi connectivity index (χ3n) is 4.25. The highest BCUT2D eigenvalue weighted by molar-refractivity contribution is 8.01. The third-order valence-corrected chi connectivity index (χ3v) is 6.47. The lowest BCUT2D eigenvalue weighted by molar-refractivity contribution is 0.102. The van der Waals surface area contributed by atoms with Gasteiger partial charge in [-0.05, 0) is 51.0 Å². The van der Waals surface area contributed by atoms with Crippen LogP contribution in [0.15, 0.2) is 34.7 Å². The number of benzene rings is 1. The lowest BCUT2D eigenvalue weighted by Crippen LogP contribution is -2.08. The SMILES string of the molecule is Cc1nnc(SCC(=O)c2cc(C)n(CCc3ccc(Cl)cc3)c2C)s1. The molecule has 3 rings (SSSR count). The van der Waals surface area contributed by atoms with E-state index in [4.69, 9.17) is 11.6 Å². The first-order chi connectivity index (χ1) is 12.4. The lowest BCUT2D eigenvalue weighted by atomic mass is 10.1. The Morgan fingerprint density at radius 2 is 1.92 bits per heavy atom. The predicted molar refractivity (Wildman–Crippen MR) is 109 cm³/mol. The van der Waals surface area contributed by atoms with Crippen LogP contribution in [0.1, 0.15) is 32.3 Å². The van der Waals surface area contributed by atoms with Crippen molar-refractivity contribution < 1.29 is 4.79 Å². The maximum Gasteiger partial charge on any atom is 0.174 e. The highest BCUT2D eigenvalue weighted by Crippen LogP contribution is 2.24. The topological polar surface area (TPSA) is 47.8 Å². The summed E-state index contributed by atoms with van der Waals surface area (Å²) in [5.41, 5.74) is 4.16. The minimum absolute atomic E-state index is 0.133. The zero-order valence-corrected chi connectivity index (χ0v) is 17.3. The molecule has 26 heavy (non-hydrogen) atoms. The summed E-state index contributed by atoms with van der Waals surface area (Å²) in [5, 5.41) is 9.71. The van der Waals surface area contributed by atoms with Crippen LogP contribution in [0, 0.1) is 20.8 Å². The second kappa shape index (κ2) is 8.37. The van der Waals surface area contributed by atoms with E-state index >= 15 is 0 Å². The van der Waals surface area contributed by atoms with Gasteiger partial charge in [0.05, 0.1) is 5.75 Å². The van der Waals surface area contributed by atoms with Gasteiger partial charge in [0, 0.05) is 28.5 Å². The van der Waals surface area contributed by atoms with E-state index < -0.39 is 0 Å². The molecule has 0 aliphatic heterocycles. The van der Waals surface area contributed by atoms with Gasteiger partial charge in [-0.1, -0.05) is 46.8 Å². The summed E-state index contributed by atoms with van der Waals surface area (Å²) in [6.45, 7) is 6.82. The molecule has 0 saturated heterocycles. The molecular formula is C19H20ClN3OS2. The van der Waals surface area contributed by atoms with Crippen LogP contribution >= 0.6 is 34.7 Å². The van der Waals surface area contributed by atoms with Gasteiger partial charge in [0.25, 0.3) is 0 Å². The van der Waals surface area contributed by atoms with Crippen molar-refractivity contribution in [1.29, 1.82) is 0 Å². The van der Waals surface area contributed by atoms with E-state index in [1.54, 1.807) is 0 Å². The Bertz CT molecular complexity index is 916. The minimum Gasteiger partial charge on any atom is -0.348 e. The second-order valence-corrected chi connectivity index (χ2v) is 8.95. The standard InChI is InChI=1S/C19H20ClN3OS2/c1-12-10-17(18(24)11-25-19-22-21-14(3)26-19)13(2)23(12)9-8-15-4-6-16(20)7-5-15/h4-7,10H,8-9,11H2,1-3H3. The van der Waals surface area contributed by atoms with Gasteiger partial charge in [0.2, 0.25) is 0 Å². The molecule has 2 aromatic heterocycles. The first-order valence-corrected chi connectivity index (χ1v) is 10.5. The van der Waals surface area contributed by atoms with Crippen LogP contribution in [0.4, 0.5) is 0 Å². The molecule has 0 N–H and O–H groups in total. The van der Waals surface area contributed by atoms with Crippen LogP contribution in [-0.4, -0.2) is 26.3 Å². The van der Waals surface area contributed by atoms with Crippen molar-refractivity contribution in [3.8, 4) is 0 Å². The number of carbonyl (C=O) groups excluding carboxylic acids is 1. The number of rotatable bonds is 7. The fourth-order valence-corrected chi connectivity index (χ4v) is 4.69. The number of halogens is 1. The summed E-state index contributed by atoms with van der Waals surface area (Å²) < 4.78 is 3.05. The quantitative estimate of drug-likeness (QED) is 0.403. The smallest absolute Gasteiger partial charge is 0.174 e. The largest absolute Gasteiger partial charge is 0.348 e. The van der Waals surface area contributed by atoms with Crippen molar-refractivity contribution in [3.63, 3.8) is 0 Å². The molecule has 0 aliphatic carbocycles. The molecule has 0 amide bonds. The Morgan fingerprint density at radius 3 is 2.58 bits per heavy atom.